The first-order valence-electron chi connectivity index (χ1n) is 4.98. The Bertz CT molecular complexity index is 559. The number of esters is 1. The zero-order valence-corrected chi connectivity index (χ0v) is 11.8. The van der Waals surface area contributed by atoms with Gasteiger partial charge in [-0.25, -0.2) is 0 Å². The first kappa shape index (κ1) is 13.1. The normalized spacial score (nSPS) is 10.3. The summed E-state index contributed by atoms with van der Waals surface area (Å²) in [6.45, 7) is 0. The summed E-state index contributed by atoms with van der Waals surface area (Å²) in [7, 11) is 1.34. The molecule has 2 aromatic rings. The van der Waals surface area contributed by atoms with Gasteiger partial charge in [0.05, 0.1) is 7.11 Å². The highest BCUT2D eigenvalue weighted by atomic mass is 79.9. The molecule has 0 N–H and O–H groups in total. The van der Waals surface area contributed by atoms with Gasteiger partial charge in [-0.2, -0.15) is 0 Å². The van der Waals surface area contributed by atoms with Crippen molar-refractivity contribution in [2.75, 3.05) is 12.9 Å². The number of methoxy groups -OCH3 is 1. The first-order chi connectivity index (χ1) is 8.69. The fraction of sp³-hybridized carbons (Fsp3) is 0.182. The van der Waals surface area contributed by atoms with Crippen molar-refractivity contribution in [3.05, 3.63) is 28.7 Å². The van der Waals surface area contributed by atoms with E-state index < -0.39 is 0 Å². The number of benzene rings is 1. The molecule has 0 saturated carbocycles. The summed E-state index contributed by atoms with van der Waals surface area (Å²) in [5.74, 6) is 0.238. The van der Waals surface area contributed by atoms with Gasteiger partial charge in [0.1, 0.15) is 5.75 Å². The summed E-state index contributed by atoms with van der Waals surface area (Å²) in [6.07, 6.45) is 0. The van der Waals surface area contributed by atoms with Crippen LogP contribution in [0.25, 0.3) is 11.5 Å². The Hall–Kier alpha value is -1.34. The minimum Gasteiger partial charge on any atom is -0.468 e. The minimum atomic E-state index is -0.331. The molecule has 0 aliphatic heterocycles. The topological polar surface area (TPSA) is 65.2 Å². The maximum Gasteiger partial charge on any atom is 0.316 e. The monoisotopic (exact) mass is 328 g/mol. The number of hydrogen-bond donors (Lipinski definition) is 0. The molecule has 2 rings (SSSR count). The molecule has 0 bridgehead atoms. The standard InChI is InChI=1S/C11H9BrN2O3S/c1-16-9(15)6-18-11-14-13-10(17-11)7-3-2-4-8(12)5-7/h2-5H,6H2,1H3. The van der Waals surface area contributed by atoms with Crippen molar-refractivity contribution >= 4 is 33.7 Å². The van der Waals surface area contributed by atoms with Gasteiger partial charge in [0.2, 0.25) is 5.89 Å². The third kappa shape index (κ3) is 3.33. The molecule has 0 amide bonds. The van der Waals surface area contributed by atoms with Crippen molar-refractivity contribution in [2.24, 2.45) is 0 Å². The Morgan fingerprint density at radius 1 is 1.50 bits per heavy atom. The van der Waals surface area contributed by atoms with Crippen molar-refractivity contribution in [3.8, 4) is 11.5 Å². The van der Waals surface area contributed by atoms with Crippen LogP contribution in [0.5, 0.6) is 0 Å². The molecule has 1 heterocycles. The fourth-order valence-corrected chi connectivity index (χ4v) is 2.18. The summed E-state index contributed by atoms with van der Waals surface area (Å²) in [4.78, 5) is 11.0. The summed E-state index contributed by atoms with van der Waals surface area (Å²) < 4.78 is 10.9. The van der Waals surface area contributed by atoms with E-state index in [1.165, 1.54) is 7.11 Å². The van der Waals surface area contributed by atoms with Gasteiger partial charge in [-0.1, -0.05) is 33.8 Å². The summed E-state index contributed by atoms with van der Waals surface area (Å²) in [5.41, 5.74) is 0.821. The summed E-state index contributed by atoms with van der Waals surface area (Å²) in [6, 6.07) is 7.53. The SMILES string of the molecule is COC(=O)CSc1nnc(-c2cccc(Br)c2)o1. The molecular formula is C11H9BrN2O3S. The number of ether oxygens (including phenoxy) is 1. The Morgan fingerprint density at radius 3 is 3.06 bits per heavy atom. The third-order valence-electron chi connectivity index (χ3n) is 2.02. The molecule has 0 aliphatic carbocycles. The summed E-state index contributed by atoms with van der Waals surface area (Å²) in [5, 5.41) is 8.12. The molecule has 5 nitrogen and oxygen atoms in total. The smallest absolute Gasteiger partial charge is 0.316 e. The van der Waals surface area contributed by atoms with Gasteiger partial charge < -0.3 is 9.15 Å². The number of rotatable bonds is 4. The van der Waals surface area contributed by atoms with Crippen molar-refractivity contribution < 1.29 is 13.9 Å². The fourth-order valence-electron chi connectivity index (χ4n) is 1.19. The van der Waals surface area contributed by atoms with Gasteiger partial charge in [0.25, 0.3) is 5.22 Å². The molecule has 0 saturated heterocycles. The van der Waals surface area contributed by atoms with E-state index in [0.29, 0.717) is 11.1 Å². The van der Waals surface area contributed by atoms with Crippen LogP contribution in [0.1, 0.15) is 0 Å². The molecule has 0 spiro atoms. The molecule has 1 aromatic heterocycles. The lowest BCUT2D eigenvalue weighted by Gasteiger charge is -1.95. The quantitative estimate of drug-likeness (QED) is 0.635. The number of hydrogen-bond acceptors (Lipinski definition) is 6. The van der Waals surface area contributed by atoms with Gasteiger partial charge in [-0.3, -0.25) is 4.79 Å². The molecule has 0 atom stereocenters. The predicted molar refractivity (Wildman–Crippen MR) is 70.2 cm³/mol. The number of aromatic nitrogens is 2. The molecule has 0 radical (unpaired) electrons. The lowest BCUT2D eigenvalue weighted by Crippen LogP contribution is -2.02. The second-order valence-electron chi connectivity index (χ2n) is 3.25. The van der Waals surface area contributed by atoms with Crippen LogP contribution in [0, 0.1) is 0 Å². The lowest BCUT2D eigenvalue weighted by atomic mass is 10.2. The molecule has 0 aliphatic rings. The van der Waals surface area contributed by atoms with Gasteiger partial charge in [-0.15, -0.1) is 10.2 Å². The van der Waals surface area contributed by atoms with Gasteiger partial charge in [0, 0.05) is 10.0 Å². The molecule has 0 unspecified atom stereocenters. The van der Waals surface area contributed by atoms with E-state index in [4.69, 9.17) is 4.42 Å². The van der Waals surface area contributed by atoms with Crippen LogP contribution in [0.3, 0.4) is 0 Å². The number of carbonyl (C=O) groups is 1. The summed E-state index contributed by atoms with van der Waals surface area (Å²) >= 11 is 4.52. The Balaban J connectivity index is 2.08. The van der Waals surface area contributed by atoms with E-state index in [1.54, 1.807) is 0 Å². The zero-order chi connectivity index (χ0) is 13.0. The van der Waals surface area contributed by atoms with E-state index in [1.807, 2.05) is 24.3 Å². The van der Waals surface area contributed by atoms with Crippen LogP contribution >= 0.6 is 27.7 Å². The molecule has 94 valence electrons. The number of halogens is 1. The Kier molecular flexibility index (Phi) is 4.38. The Labute approximate surface area is 116 Å². The highest BCUT2D eigenvalue weighted by Crippen LogP contribution is 2.25. The van der Waals surface area contributed by atoms with E-state index in [9.17, 15) is 4.79 Å². The molecule has 7 heteroatoms. The lowest BCUT2D eigenvalue weighted by molar-refractivity contribution is -0.137. The van der Waals surface area contributed by atoms with Crippen molar-refractivity contribution in [1.82, 2.24) is 10.2 Å². The van der Waals surface area contributed by atoms with Crippen LogP contribution in [0.15, 0.2) is 38.4 Å². The van der Waals surface area contributed by atoms with E-state index in [2.05, 4.69) is 30.9 Å². The highest BCUT2D eigenvalue weighted by Gasteiger charge is 2.11. The number of thioether (sulfide) groups is 1. The maximum atomic E-state index is 11.0. The average Bonchev–Trinajstić information content (AvgIpc) is 2.84. The van der Waals surface area contributed by atoms with Crippen molar-refractivity contribution in [3.63, 3.8) is 0 Å². The molecule has 0 fully saturated rings. The largest absolute Gasteiger partial charge is 0.468 e. The number of carbonyl (C=O) groups excluding carboxylic acids is 1. The highest BCUT2D eigenvalue weighted by molar-refractivity contribution is 9.10. The van der Waals surface area contributed by atoms with E-state index in [-0.39, 0.29) is 11.7 Å². The van der Waals surface area contributed by atoms with Crippen molar-refractivity contribution in [1.29, 1.82) is 0 Å². The van der Waals surface area contributed by atoms with Crippen molar-refractivity contribution in [2.45, 2.75) is 5.22 Å². The molecule has 1 aromatic carbocycles. The zero-order valence-electron chi connectivity index (χ0n) is 9.42. The van der Waals surface area contributed by atoms with Crippen LogP contribution in [-0.2, 0) is 9.53 Å². The average molecular weight is 329 g/mol. The van der Waals surface area contributed by atoms with Crippen LogP contribution in [-0.4, -0.2) is 29.0 Å². The van der Waals surface area contributed by atoms with Crippen LogP contribution < -0.4 is 0 Å². The van der Waals surface area contributed by atoms with Gasteiger partial charge in [0.15, 0.2) is 0 Å². The van der Waals surface area contributed by atoms with Crippen LogP contribution in [0.4, 0.5) is 0 Å². The molecular weight excluding hydrogens is 320 g/mol. The second-order valence-corrected chi connectivity index (χ2v) is 5.09. The molecule has 18 heavy (non-hydrogen) atoms. The van der Waals surface area contributed by atoms with E-state index >= 15 is 0 Å². The Morgan fingerprint density at radius 2 is 2.33 bits per heavy atom. The van der Waals surface area contributed by atoms with Crippen LogP contribution in [0.2, 0.25) is 0 Å². The third-order valence-corrected chi connectivity index (χ3v) is 3.30. The first-order valence-corrected chi connectivity index (χ1v) is 6.76. The van der Waals surface area contributed by atoms with E-state index in [0.717, 1.165) is 21.8 Å². The maximum absolute atomic E-state index is 11.0. The minimum absolute atomic E-state index is 0.149. The predicted octanol–water partition coefficient (Wildman–Crippen LogP) is 2.76. The number of nitrogens with zero attached hydrogens (tertiary/aromatic N) is 2. The second kappa shape index (κ2) is 6.01. The van der Waals surface area contributed by atoms with Gasteiger partial charge in [-0.05, 0) is 18.2 Å². The van der Waals surface area contributed by atoms with Gasteiger partial charge >= 0.3 is 5.97 Å².